The number of hydrogen-bond donors (Lipinski definition) is 0. The lowest BCUT2D eigenvalue weighted by atomic mass is 9.31. The second kappa shape index (κ2) is 13.1. The monoisotopic (exact) mass is 736 g/mol. The maximum absolute atomic E-state index is 2.54. The Morgan fingerprint density at radius 3 is 1.31 bits per heavy atom. The third-order valence-corrected chi connectivity index (χ3v) is 12.5. The van der Waals surface area contributed by atoms with Gasteiger partial charge in [-0.3, -0.25) is 0 Å². The highest BCUT2D eigenvalue weighted by Gasteiger charge is 2.46. The van der Waals surface area contributed by atoms with Crippen LogP contribution in [-0.2, 0) is 6.42 Å². The number of benzene rings is 9. The van der Waals surface area contributed by atoms with Crippen LogP contribution >= 0.6 is 0 Å². The largest absolute Gasteiger partial charge is 0.311 e. The van der Waals surface area contributed by atoms with E-state index in [1.54, 1.807) is 0 Å². The number of fused-ring (bicyclic) bond motifs is 2. The molecule has 0 saturated heterocycles. The van der Waals surface area contributed by atoms with Gasteiger partial charge in [-0.2, -0.15) is 0 Å². The molecule has 2 aliphatic heterocycles. The van der Waals surface area contributed by atoms with Crippen molar-refractivity contribution in [3.63, 3.8) is 0 Å². The predicted molar refractivity (Wildman–Crippen MR) is 245 cm³/mol. The van der Waals surface area contributed by atoms with Gasteiger partial charge in [-0.1, -0.05) is 164 Å². The van der Waals surface area contributed by atoms with Crippen molar-refractivity contribution in [3.05, 3.63) is 223 Å². The topological polar surface area (TPSA) is 6.48 Å². The molecule has 3 heteroatoms. The van der Waals surface area contributed by atoms with Gasteiger partial charge in [0, 0.05) is 34.1 Å². The lowest BCUT2D eigenvalue weighted by Gasteiger charge is -2.47. The van der Waals surface area contributed by atoms with E-state index in [-0.39, 0.29) is 6.71 Å². The van der Waals surface area contributed by atoms with Crippen LogP contribution in [0, 0.1) is 0 Å². The minimum absolute atomic E-state index is 0.0476. The number of anilines is 6. The predicted octanol–water partition coefficient (Wildman–Crippen LogP) is 12.3. The molecule has 58 heavy (non-hydrogen) atoms. The highest BCUT2D eigenvalue weighted by Crippen LogP contribution is 2.49. The first-order valence-corrected chi connectivity index (χ1v) is 20.3. The molecule has 2 bridgehead atoms. The molecule has 0 radical (unpaired) electrons. The first kappa shape index (κ1) is 32.8. The summed E-state index contributed by atoms with van der Waals surface area (Å²) >= 11 is 0. The lowest BCUT2D eigenvalue weighted by Crippen LogP contribution is -2.63. The normalized spacial score (nSPS) is 13.0. The molecule has 2 nitrogen and oxygen atoms in total. The molecule has 4 aliphatic rings. The van der Waals surface area contributed by atoms with Gasteiger partial charge >= 0.3 is 0 Å². The van der Waals surface area contributed by atoms with Crippen LogP contribution in [0.5, 0.6) is 0 Å². The van der Waals surface area contributed by atoms with Gasteiger partial charge in [-0.15, -0.1) is 0 Å². The van der Waals surface area contributed by atoms with Crippen LogP contribution in [0.1, 0.15) is 11.1 Å². The van der Waals surface area contributed by atoms with Crippen molar-refractivity contribution in [1.29, 1.82) is 0 Å². The van der Waals surface area contributed by atoms with Gasteiger partial charge in [0.1, 0.15) is 0 Å². The van der Waals surface area contributed by atoms with Gasteiger partial charge in [0.05, 0.1) is 0 Å². The summed E-state index contributed by atoms with van der Waals surface area (Å²) in [6.45, 7) is 0.0476. The smallest absolute Gasteiger partial charge is 0.252 e. The third-order valence-electron chi connectivity index (χ3n) is 12.5. The summed E-state index contributed by atoms with van der Waals surface area (Å²) < 4.78 is 0. The van der Waals surface area contributed by atoms with Gasteiger partial charge < -0.3 is 9.80 Å². The van der Waals surface area contributed by atoms with Crippen molar-refractivity contribution >= 4 is 57.2 Å². The maximum atomic E-state index is 2.54. The van der Waals surface area contributed by atoms with Crippen LogP contribution in [0.25, 0.3) is 44.5 Å². The van der Waals surface area contributed by atoms with Crippen LogP contribution in [0.15, 0.2) is 212 Å². The SMILES string of the molecule is c1ccc(-c2ccc(N3c4ccc(-c5ccccc5)cc4B4c5c3cccc5N(c3ccc(-c5ccccc5)cc3)c3cc5c(-c6ccccc6)c(c34)C5)cc2)cc1. The molecule has 9 aromatic rings. The van der Waals surface area contributed by atoms with Gasteiger partial charge in [0.2, 0.25) is 0 Å². The average Bonchev–Trinajstić information content (AvgIpc) is 3.30. The van der Waals surface area contributed by atoms with Crippen molar-refractivity contribution in [3.8, 4) is 44.5 Å². The molecule has 2 aliphatic carbocycles. The highest BCUT2D eigenvalue weighted by atomic mass is 15.2. The second-order valence-corrected chi connectivity index (χ2v) is 15.6. The number of rotatable bonds is 6. The van der Waals surface area contributed by atoms with E-state index >= 15 is 0 Å². The van der Waals surface area contributed by atoms with E-state index in [4.69, 9.17) is 0 Å². The molecule has 0 saturated carbocycles. The Hall–Kier alpha value is -7.36. The summed E-state index contributed by atoms with van der Waals surface area (Å²) in [4.78, 5) is 5.05. The molecular formula is C55H37BN2. The van der Waals surface area contributed by atoms with E-state index in [0.717, 1.165) is 12.1 Å². The van der Waals surface area contributed by atoms with E-state index in [0.29, 0.717) is 0 Å². The number of hydrogen-bond acceptors (Lipinski definition) is 2. The van der Waals surface area contributed by atoms with Gasteiger partial charge in [-0.05, 0) is 127 Å². The zero-order valence-corrected chi connectivity index (χ0v) is 31.9. The Labute approximate surface area is 340 Å². The van der Waals surface area contributed by atoms with E-state index < -0.39 is 0 Å². The second-order valence-electron chi connectivity index (χ2n) is 15.6. The minimum Gasteiger partial charge on any atom is -0.311 e. The molecule has 0 amide bonds. The fourth-order valence-electron chi connectivity index (χ4n) is 9.84. The van der Waals surface area contributed by atoms with Gasteiger partial charge in [0.15, 0.2) is 0 Å². The van der Waals surface area contributed by atoms with Crippen molar-refractivity contribution in [1.82, 2.24) is 0 Å². The van der Waals surface area contributed by atoms with E-state index in [2.05, 4.69) is 222 Å². The Kier molecular flexibility index (Phi) is 7.43. The quantitative estimate of drug-likeness (QED) is 0.157. The van der Waals surface area contributed by atoms with E-state index in [1.165, 1.54) is 100 Å². The van der Waals surface area contributed by atoms with Crippen LogP contribution < -0.4 is 26.2 Å². The van der Waals surface area contributed by atoms with E-state index in [1.807, 2.05) is 0 Å². The Bertz CT molecular complexity index is 2980. The molecular weight excluding hydrogens is 699 g/mol. The molecule has 270 valence electrons. The van der Waals surface area contributed by atoms with Crippen LogP contribution in [0.2, 0.25) is 0 Å². The van der Waals surface area contributed by atoms with Gasteiger partial charge in [0.25, 0.3) is 6.71 Å². The van der Waals surface area contributed by atoms with Crippen molar-refractivity contribution in [2.45, 2.75) is 6.42 Å². The zero-order valence-electron chi connectivity index (χ0n) is 31.9. The molecule has 0 fully saturated rings. The van der Waals surface area contributed by atoms with Crippen molar-refractivity contribution in [2.24, 2.45) is 0 Å². The lowest BCUT2D eigenvalue weighted by molar-refractivity contribution is 1.10. The third kappa shape index (κ3) is 5.07. The minimum atomic E-state index is 0.0476. The highest BCUT2D eigenvalue weighted by molar-refractivity contribution is 7.00. The Morgan fingerprint density at radius 1 is 0.328 bits per heavy atom. The van der Waals surface area contributed by atoms with Gasteiger partial charge in [-0.25, -0.2) is 0 Å². The zero-order chi connectivity index (χ0) is 38.2. The molecule has 13 rings (SSSR count). The summed E-state index contributed by atoms with van der Waals surface area (Å²) in [5.74, 6) is 0. The van der Waals surface area contributed by atoms with Crippen LogP contribution in [0.3, 0.4) is 0 Å². The molecule has 0 aromatic heterocycles. The molecule has 9 aromatic carbocycles. The van der Waals surface area contributed by atoms with Crippen LogP contribution in [-0.4, -0.2) is 6.71 Å². The molecule has 0 N–H and O–H groups in total. The molecule has 2 heterocycles. The fourth-order valence-corrected chi connectivity index (χ4v) is 9.84. The van der Waals surface area contributed by atoms with Crippen molar-refractivity contribution in [2.75, 3.05) is 9.80 Å². The molecule has 0 atom stereocenters. The van der Waals surface area contributed by atoms with E-state index in [9.17, 15) is 0 Å². The summed E-state index contributed by atoms with van der Waals surface area (Å²) in [5, 5.41) is 0. The summed E-state index contributed by atoms with van der Waals surface area (Å²) in [6, 6.07) is 78.1. The Balaban J connectivity index is 1.11. The number of nitrogens with zero attached hydrogens (tertiary/aromatic N) is 2. The summed E-state index contributed by atoms with van der Waals surface area (Å²) in [6.07, 6.45) is 0.982. The van der Waals surface area contributed by atoms with Crippen LogP contribution in [0.4, 0.5) is 34.1 Å². The first-order chi connectivity index (χ1) is 28.8. The molecule has 0 unspecified atom stereocenters. The standard InChI is InChI=1S/C55H37BN2/c1-5-14-37(15-6-1)40-24-29-45(30-25-40)57-49-33-28-43(39-18-9-3-10-19-39)35-48(49)56-54-47-34-44(53(47)42-20-11-4-12-21-42)36-52(54)58(51-23-13-22-50(57)55(51)56)46-31-26-41(27-32-46)38-16-7-2-8-17-38/h1-33,35-36H,34H2. The van der Waals surface area contributed by atoms with Crippen molar-refractivity contribution < 1.29 is 0 Å². The summed E-state index contributed by atoms with van der Waals surface area (Å²) in [7, 11) is 0. The average molecular weight is 737 g/mol. The molecule has 0 spiro atoms. The fraction of sp³-hybridized carbons (Fsp3) is 0.0182. The maximum Gasteiger partial charge on any atom is 0.252 e. The summed E-state index contributed by atoms with van der Waals surface area (Å²) in [5.41, 5.74) is 24.3. The first-order valence-electron chi connectivity index (χ1n) is 20.3. The Morgan fingerprint density at radius 2 is 0.776 bits per heavy atom.